The predicted octanol–water partition coefficient (Wildman–Crippen LogP) is 1.71. The highest BCUT2D eigenvalue weighted by Gasteiger charge is 2.31. The first kappa shape index (κ1) is 12.3. The molecule has 6 heteroatoms. The first-order valence-corrected chi connectivity index (χ1v) is 6.77. The maximum atomic E-state index is 10.5. The van der Waals surface area contributed by atoms with E-state index in [9.17, 15) is 5.11 Å². The maximum absolute atomic E-state index is 10.5. The molecule has 0 aliphatic heterocycles. The van der Waals surface area contributed by atoms with E-state index in [4.69, 9.17) is 0 Å². The molecule has 102 valence electrons. The summed E-state index contributed by atoms with van der Waals surface area (Å²) in [6.07, 6.45) is 6.94. The second-order valence-electron chi connectivity index (χ2n) is 5.58. The Morgan fingerprint density at radius 1 is 1.37 bits per heavy atom. The molecule has 0 unspecified atom stereocenters. The van der Waals surface area contributed by atoms with E-state index >= 15 is 0 Å². The van der Waals surface area contributed by atoms with Gasteiger partial charge in [-0.1, -0.05) is 6.92 Å². The van der Waals surface area contributed by atoms with Gasteiger partial charge in [0.1, 0.15) is 11.8 Å². The monoisotopic (exact) mass is 261 g/mol. The molecule has 1 aliphatic rings. The van der Waals surface area contributed by atoms with E-state index in [1.807, 2.05) is 0 Å². The Morgan fingerprint density at radius 3 is 2.95 bits per heavy atom. The minimum atomic E-state index is -0.621. The van der Waals surface area contributed by atoms with Gasteiger partial charge in [0.05, 0.1) is 11.9 Å². The van der Waals surface area contributed by atoms with Crippen LogP contribution in [0.5, 0.6) is 0 Å². The molecule has 1 saturated carbocycles. The zero-order valence-corrected chi connectivity index (χ0v) is 11.1. The quantitative estimate of drug-likeness (QED) is 0.783. The predicted molar refractivity (Wildman–Crippen MR) is 72.8 cm³/mol. The Bertz CT molecular complexity index is 559. The molecule has 0 saturated heterocycles. The third-order valence-corrected chi connectivity index (χ3v) is 4.01. The summed E-state index contributed by atoms with van der Waals surface area (Å²) in [5, 5.41) is 13.8. The number of rotatable bonds is 3. The Hall–Kier alpha value is -1.69. The van der Waals surface area contributed by atoms with Crippen LogP contribution in [0, 0.1) is 5.92 Å². The van der Waals surface area contributed by atoms with Crippen LogP contribution in [0.1, 0.15) is 32.6 Å². The SMILES string of the molecule is CC1CCC(O)(CNc2ncnc3nc[nH]c23)CC1. The van der Waals surface area contributed by atoms with Crippen molar-refractivity contribution in [2.75, 3.05) is 11.9 Å². The highest BCUT2D eigenvalue weighted by Crippen LogP contribution is 2.32. The molecule has 2 heterocycles. The van der Waals surface area contributed by atoms with Crippen molar-refractivity contribution in [1.82, 2.24) is 19.9 Å². The lowest BCUT2D eigenvalue weighted by Crippen LogP contribution is -2.40. The number of nitrogens with one attached hydrogen (secondary N) is 2. The number of hydrogen-bond donors (Lipinski definition) is 3. The molecule has 0 radical (unpaired) electrons. The standard InChI is InChI=1S/C13H19N5O/c1-9-2-4-13(19,5-3-9)6-14-11-10-12(16-7-15-10)18-8-17-11/h7-9,19H,2-6H2,1H3,(H2,14,15,16,17,18). The van der Waals surface area contributed by atoms with Crippen LogP contribution in [0.15, 0.2) is 12.7 Å². The van der Waals surface area contributed by atoms with E-state index in [-0.39, 0.29) is 0 Å². The highest BCUT2D eigenvalue weighted by atomic mass is 16.3. The topological polar surface area (TPSA) is 86.7 Å². The van der Waals surface area contributed by atoms with E-state index in [0.717, 1.165) is 37.1 Å². The Balaban J connectivity index is 1.70. The first-order valence-electron chi connectivity index (χ1n) is 6.77. The molecule has 6 nitrogen and oxygen atoms in total. The number of imidazole rings is 1. The number of aromatic amines is 1. The van der Waals surface area contributed by atoms with Crippen molar-refractivity contribution in [3.05, 3.63) is 12.7 Å². The number of fused-ring (bicyclic) bond motifs is 1. The number of aliphatic hydroxyl groups is 1. The molecular weight excluding hydrogens is 242 g/mol. The maximum Gasteiger partial charge on any atom is 0.182 e. The molecule has 1 fully saturated rings. The number of H-pyrrole nitrogens is 1. The third kappa shape index (κ3) is 2.53. The van der Waals surface area contributed by atoms with E-state index in [2.05, 4.69) is 32.2 Å². The largest absolute Gasteiger partial charge is 0.388 e. The average Bonchev–Trinajstić information content (AvgIpc) is 2.89. The van der Waals surface area contributed by atoms with Crippen LogP contribution in [0.2, 0.25) is 0 Å². The lowest BCUT2D eigenvalue weighted by Gasteiger charge is -2.35. The van der Waals surface area contributed by atoms with Crippen LogP contribution in [0.4, 0.5) is 5.82 Å². The van der Waals surface area contributed by atoms with Crippen molar-refractivity contribution in [2.45, 2.75) is 38.2 Å². The van der Waals surface area contributed by atoms with Gasteiger partial charge in [-0.25, -0.2) is 15.0 Å². The van der Waals surface area contributed by atoms with Crippen molar-refractivity contribution < 1.29 is 5.11 Å². The van der Waals surface area contributed by atoms with Gasteiger partial charge in [-0.3, -0.25) is 0 Å². The smallest absolute Gasteiger partial charge is 0.182 e. The number of anilines is 1. The fourth-order valence-electron chi connectivity index (χ4n) is 2.62. The van der Waals surface area contributed by atoms with Gasteiger partial charge in [-0.2, -0.15) is 0 Å². The summed E-state index contributed by atoms with van der Waals surface area (Å²) in [5.74, 6) is 1.42. The van der Waals surface area contributed by atoms with Crippen molar-refractivity contribution >= 4 is 17.0 Å². The first-order chi connectivity index (χ1) is 9.16. The second kappa shape index (κ2) is 4.77. The number of nitrogens with zero attached hydrogens (tertiary/aromatic N) is 3. The summed E-state index contributed by atoms with van der Waals surface area (Å²) in [6.45, 7) is 2.76. The van der Waals surface area contributed by atoms with Crippen molar-refractivity contribution in [2.24, 2.45) is 5.92 Å². The van der Waals surface area contributed by atoms with Gasteiger partial charge < -0.3 is 15.4 Å². The Labute approximate surface area is 111 Å². The molecule has 1 aliphatic carbocycles. The van der Waals surface area contributed by atoms with Gasteiger partial charge in [0.25, 0.3) is 0 Å². The van der Waals surface area contributed by atoms with E-state index in [1.165, 1.54) is 6.33 Å². The molecule has 0 aromatic carbocycles. The molecule has 0 spiro atoms. The van der Waals surface area contributed by atoms with Gasteiger partial charge in [-0.05, 0) is 31.6 Å². The van der Waals surface area contributed by atoms with Gasteiger partial charge in [-0.15, -0.1) is 0 Å². The van der Waals surface area contributed by atoms with Gasteiger partial charge in [0, 0.05) is 6.54 Å². The van der Waals surface area contributed by atoms with Gasteiger partial charge >= 0.3 is 0 Å². The van der Waals surface area contributed by atoms with Crippen molar-refractivity contribution in [3.8, 4) is 0 Å². The second-order valence-corrected chi connectivity index (χ2v) is 5.58. The third-order valence-electron chi connectivity index (χ3n) is 4.01. The minimum Gasteiger partial charge on any atom is -0.388 e. The van der Waals surface area contributed by atoms with Gasteiger partial charge in [0.2, 0.25) is 0 Å². The molecular formula is C13H19N5O. The normalized spacial score (nSPS) is 27.6. The van der Waals surface area contributed by atoms with Gasteiger partial charge in [0.15, 0.2) is 11.5 Å². The summed E-state index contributed by atoms with van der Waals surface area (Å²) in [7, 11) is 0. The molecule has 0 amide bonds. The minimum absolute atomic E-state index is 0.519. The Kier molecular flexibility index (Phi) is 3.10. The summed E-state index contributed by atoms with van der Waals surface area (Å²) < 4.78 is 0. The lowest BCUT2D eigenvalue weighted by molar-refractivity contribution is 0.00497. The average molecular weight is 261 g/mol. The van der Waals surface area contributed by atoms with Crippen LogP contribution in [0.3, 0.4) is 0 Å². The number of hydrogen-bond acceptors (Lipinski definition) is 5. The van der Waals surface area contributed by atoms with Crippen LogP contribution in [-0.2, 0) is 0 Å². The summed E-state index contributed by atoms with van der Waals surface area (Å²) in [6, 6.07) is 0. The van der Waals surface area contributed by atoms with E-state index in [0.29, 0.717) is 18.0 Å². The number of aromatic nitrogens is 4. The molecule has 3 N–H and O–H groups in total. The summed E-state index contributed by atoms with van der Waals surface area (Å²) in [5.41, 5.74) is 0.807. The highest BCUT2D eigenvalue weighted by molar-refractivity contribution is 5.81. The van der Waals surface area contributed by atoms with E-state index in [1.54, 1.807) is 6.33 Å². The van der Waals surface area contributed by atoms with Crippen molar-refractivity contribution in [3.63, 3.8) is 0 Å². The molecule has 19 heavy (non-hydrogen) atoms. The lowest BCUT2D eigenvalue weighted by atomic mass is 9.79. The fourth-order valence-corrected chi connectivity index (χ4v) is 2.62. The van der Waals surface area contributed by atoms with Crippen LogP contribution < -0.4 is 5.32 Å². The zero-order chi connectivity index (χ0) is 13.3. The zero-order valence-electron chi connectivity index (χ0n) is 11.1. The van der Waals surface area contributed by atoms with Crippen LogP contribution in [0.25, 0.3) is 11.2 Å². The fraction of sp³-hybridized carbons (Fsp3) is 0.615. The Morgan fingerprint density at radius 2 is 2.16 bits per heavy atom. The molecule has 2 aromatic heterocycles. The summed E-state index contributed by atoms with van der Waals surface area (Å²) >= 11 is 0. The molecule has 2 aromatic rings. The van der Waals surface area contributed by atoms with Crippen LogP contribution in [-0.4, -0.2) is 37.2 Å². The van der Waals surface area contributed by atoms with Crippen LogP contribution >= 0.6 is 0 Å². The van der Waals surface area contributed by atoms with Crippen molar-refractivity contribution in [1.29, 1.82) is 0 Å². The molecule has 0 bridgehead atoms. The molecule has 3 rings (SSSR count). The molecule has 0 atom stereocenters. The van der Waals surface area contributed by atoms with E-state index < -0.39 is 5.60 Å². The summed E-state index contributed by atoms with van der Waals surface area (Å²) in [4.78, 5) is 15.4.